The molecule has 0 aromatic carbocycles. The number of halogens is 1. The van der Waals surface area contributed by atoms with Crippen molar-refractivity contribution in [2.24, 2.45) is 0 Å². The molecule has 0 aliphatic carbocycles. The molecule has 6 heteroatoms. The van der Waals surface area contributed by atoms with E-state index in [-0.39, 0.29) is 5.91 Å². The van der Waals surface area contributed by atoms with E-state index in [1.165, 1.54) is 11.9 Å². The van der Waals surface area contributed by atoms with E-state index in [1.54, 1.807) is 27.8 Å². The highest BCUT2D eigenvalue weighted by atomic mass is 79.9. The second kappa shape index (κ2) is 4.56. The Morgan fingerprint density at radius 1 is 1.44 bits per heavy atom. The van der Waals surface area contributed by atoms with Crippen molar-refractivity contribution in [3.05, 3.63) is 0 Å². The first-order valence-corrected chi connectivity index (χ1v) is 6.23. The Hall–Kier alpha value is -1.06. The highest BCUT2D eigenvalue weighted by Crippen LogP contribution is 2.35. The largest absolute Gasteiger partial charge is 0.338 e. The zero-order valence-electron chi connectivity index (χ0n) is 11.2. The molecule has 5 nitrogen and oxygen atoms in total. The van der Waals surface area contributed by atoms with Gasteiger partial charge >= 0.3 is 6.03 Å². The van der Waals surface area contributed by atoms with Crippen LogP contribution in [-0.4, -0.2) is 52.0 Å². The van der Waals surface area contributed by atoms with E-state index < -0.39 is 22.2 Å². The van der Waals surface area contributed by atoms with Crippen LogP contribution in [0.4, 0.5) is 4.79 Å². The molecule has 0 spiro atoms. The topological polar surface area (TPSA) is 49.9 Å². The molecule has 0 N–H and O–H groups in total. The third kappa shape index (κ3) is 2.38. The fourth-order valence-corrected chi connectivity index (χ4v) is 2.39. The molecule has 1 aliphatic rings. The first-order valence-electron chi connectivity index (χ1n) is 5.44. The highest BCUT2D eigenvalue weighted by molar-refractivity contribution is 9.10. The number of ether oxygens (including phenoxy) is 1. The third-order valence-corrected chi connectivity index (χ3v) is 3.61. The zero-order valence-corrected chi connectivity index (χ0v) is 12.7. The molecular formula is C12H17BrN2O3. The van der Waals surface area contributed by atoms with Gasteiger partial charge in [0.05, 0.1) is 0 Å². The molecule has 0 saturated carbocycles. The zero-order chi connectivity index (χ0) is 14.3. The summed E-state index contributed by atoms with van der Waals surface area (Å²) in [5.74, 6) is 2.12. The van der Waals surface area contributed by atoms with Gasteiger partial charge in [-0.2, -0.15) is 0 Å². The number of terminal acetylenes is 1. The van der Waals surface area contributed by atoms with Crippen molar-refractivity contribution < 1.29 is 14.3 Å². The van der Waals surface area contributed by atoms with Gasteiger partial charge in [-0.15, -0.1) is 6.42 Å². The molecule has 0 radical (unpaired) electrons. The van der Waals surface area contributed by atoms with Crippen molar-refractivity contribution in [1.29, 1.82) is 0 Å². The summed E-state index contributed by atoms with van der Waals surface area (Å²) in [6, 6.07) is -0.422. The van der Waals surface area contributed by atoms with Crippen LogP contribution < -0.4 is 0 Å². The second-order valence-corrected chi connectivity index (χ2v) is 6.61. The van der Waals surface area contributed by atoms with Gasteiger partial charge in [-0.1, -0.05) is 21.9 Å². The number of imide groups is 1. The molecule has 1 rings (SSSR count). The fraction of sp³-hybridized carbons (Fsp3) is 0.667. The van der Waals surface area contributed by atoms with Gasteiger partial charge in [0.1, 0.15) is 9.93 Å². The molecule has 1 aliphatic heterocycles. The SMILES string of the molecule is C#CC(C)(C)O[C@H]1N(C)C(=O)N(C)C(=O)[C@]1(C)Br. The number of hydrogen-bond acceptors (Lipinski definition) is 3. The van der Waals surface area contributed by atoms with E-state index in [0.717, 1.165) is 4.90 Å². The van der Waals surface area contributed by atoms with Crippen LogP contribution in [0.1, 0.15) is 20.8 Å². The molecule has 0 aromatic rings. The number of hydrogen-bond donors (Lipinski definition) is 0. The lowest BCUT2D eigenvalue weighted by Gasteiger charge is -2.46. The van der Waals surface area contributed by atoms with E-state index >= 15 is 0 Å². The molecule has 0 bridgehead atoms. The molecule has 100 valence electrons. The van der Waals surface area contributed by atoms with Crippen molar-refractivity contribution >= 4 is 27.9 Å². The summed E-state index contributed by atoms with van der Waals surface area (Å²) >= 11 is 3.34. The van der Waals surface area contributed by atoms with Gasteiger partial charge in [0, 0.05) is 14.1 Å². The lowest BCUT2D eigenvalue weighted by Crippen LogP contribution is -2.67. The van der Waals surface area contributed by atoms with Crippen molar-refractivity contribution in [2.75, 3.05) is 14.1 Å². The van der Waals surface area contributed by atoms with E-state index in [0.29, 0.717) is 0 Å². The summed E-state index contributed by atoms with van der Waals surface area (Å²) in [6.07, 6.45) is 4.60. The van der Waals surface area contributed by atoms with Crippen LogP contribution in [0.25, 0.3) is 0 Å². The fourth-order valence-electron chi connectivity index (χ4n) is 1.72. The van der Waals surface area contributed by atoms with Gasteiger partial charge in [-0.3, -0.25) is 14.6 Å². The monoisotopic (exact) mass is 316 g/mol. The quantitative estimate of drug-likeness (QED) is 0.572. The maximum absolute atomic E-state index is 12.1. The molecule has 1 heterocycles. The van der Waals surface area contributed by atoms with E-state index in [9.17, 15) is 9.59 Å². The van der Waals surface area contributed by atoms with Gasteiger partial charge in [-0.05, 0) is 20.8 Å². The normalized spacial score (nSPS) is 29.5. The highest BCUT2D eigenvalue weighted by Gasteiger charge is 2.53. The maximum atomic E-state index is 12.1. The minimum Gasteiger partial charge on any atom is -0.338 e. The summed E-state index contributed by atoms with van der Waals surface area (Å²) in [7, 11) is 3.01. The molecule has 18 heavy (non-hydrogen) atoms. The molecular weight excluding hydrogens is 300 g/mol. The van der Waals surface area contributed by atoms with Gasteiger partial charge in [0.15, 0.2) is 6.23 Å². The van der Waals surface area contributed by atoms with Gasteiger partial charge in [0.2, 0.25) is 0 Å². The Bertz CT molecular complexity index is 426. The van der Waals surface area contributed by atoms with Crippen LogP contribution in [0.2, 0.25) is 0 Å². The van der Waals surface area contributed by atoms with Crippen LogP contribution in [0, 0.1) is 12.3 Å². The molecule has 1 saturated heterocycles. The third-order valence-electron chi connectivity index (χ3n) is 2.88. The van der Waals surface area contributed by atoms with Crippen molar-refractivity contribution in [3.63, 3.8) is 0 Å². The van der Waals surface area contributed by atoms with E-state index in [1.807, 2.05) is 0 Å². The Morgan fingerprint density at radius 2 is 1.94 bits per heavy atom. The molecule has 2 atom stereocenters. The summed E-state index contributed by atoms with van der Waals surface area (Å²) in [5.41, 5.74) is -0.871. The van der Waals surface area contributed by atoms with Crippen LogP contribution in [-0.2, 0) is 9.53 Å². The smallest absolute Gasteiger partial charge is 0.328 e. The van der Waals surface area contributed by atoms with Gasteiger partial charge in [0.25, 0.3) is 5.91 Å². The van der Waals surface area contributed by atoms with E-state index in [4.69, 9.17) is 11.2 Å². The van der Waals surface area contributed by atoms with Crippen molar-refractivity contribution in [3.8, 4) is 12.3 Å². The van der Waals surface area contributed by atoms with Crippen LogP contribution in [0.15, 0.2) is 0 Å². The average Bonchev–Trinajstić information content (AvgIpc) is 2.30. The number of nitrogens with zero attached hydrogens (tertiary/aromatic N) is 2. The Balaban J connectivity index is 3.13. The summed E-state index contributed by atoms with van der Waals surface area (Å²) in [4.78, 5) is 26.4. The number of carbonyl (C=O) groups is 2. The minimum atomic E-state index is -1.03. The lowest BCUT2D eigenvalue weighted by atomic mass is 10.0. The van der Waals surface area contributed by atoms with Crippen LogP contribution in [0.5, 0.6) is 0 Å². The maximum Gasteiger partial charge on any atom is 0.328 e. The first kappa shape index (κ1) is 15.0. The van der Waals surface area contributed by atoms with Gasteiger partial charge < -0.3 is 4.74 Å². The molecule has 1 fully saturated rings. The van der Waals surface area contributed by atoms with Crippen molar-refractivity contribution in [2.45, 2.75) is 36.9 Å². The van der Waals surface area contributed by atoms with Crippen molar-refractivity contribution in [1.82, 2.24) is 9.80 Å². The summed E-state index contributed by atoms with van der Waals surface area (Å²) < 4.78 is 4.69. The molecule has 0 aromatic heterocycles. The average molecular weight is 317 g/mol. The Labute approximate surface area is 116 Å². The van der Waals surface area contributed by atoms with Crippen LogP contribution in [0.3, 0.4) is 0 Å². The predicted molar refractivity (Wildman–Crippen MR) is 71.0 cm³/mol. The minimum absolute atomic E-state index is 0.358. The number of carbonyl (C=O) groups excluding carboxylic acids is 2. The second-order valence-electron chi connectivity index (χ2n) is 4.96. The molecule has 3 amide bonds. The number of alkyl halides is 1. The Kier molecular flexibility index (Phi) is 3.80. The molecule has 0 unspecified atom stereocenters. The van der Waals surface area contributed by atoms with Gasteiger partial charge in [-0.25, -0.2) is 4.79 Å². The number of rotatable bonds is 2. The Morgan fingerprint density at radius 3 is 2.39 bits per heavy atom. The first-order chi connectivity index (χ1) is 8.04. The number of amides is 3. The number of urea groups is 1. The lowest BCUT2D eigenvalue weighted by molar-refractivity contribution is -0.156. The standard InChI is InChI=1S/C12H17BrN2O3/c1-7-11(2,3)18-9-12(4,13)8(16)14(5)10(17)15(9)6/h1,9H,2-6H3/t9-,12+/m1/s1. The summed E-state index contributed by atoms with van der Waals surface area (Å²) in [5, 5.41) is 0. The summed E-state index contributed by atoms with van der Waals surface area (Å²) in [6.45, 7) is 5.07. The van der Waals surface area contributed by atoms with Crippen LogP contribution >= 0.6 is 15.9 Å². The predicted octanol–water partition coefficient (Wildman–Crippen LogP) is 1.42. The van der Waals surface area contributed by atoms with E-state index in [2.05, 4.69) is 21.9 Å².